The molecule has 1 aliphatic rings. The van der Waals surface area contributed by atoms with Crippen LogP contribution < -0.4 is 0 Å². The summed E-state index contributed by atoms with van der Waals surface area (Å²) >= 11 is 3.38. The molecule has 0 atom stereocenters. The van der Waals surface area contributed by atoms with E-state index in [2.05, 4.69) is 20.8 Å². The van der Waals surface area contributed by atoms with E-state index < -0.39 is 0 Å². The van der Waals surface area contributed by atoms with Crippen molar-refractivity contribution in [3.05, 3.63) is 34.3 Å². The summed E-state index contributed by atoms with van der Waals surface area (Å²) in [6, 6.07) is 7.86. The van der Waals surface area contributed by atoms with Crippen LogP contribution in [0.1, 0.15) is 12.0 Å². The number of likely N-dealkylation sites (tertiary alicyclic amines) is 1. The molecule has 0 unspecified atom stereocenters. The number of Topliss-reactive ketones (excluding diaryl/α,β-unsaturated/α-hetero) is 1. The van der Waals surface area contributed by atoms with Crippen LogP contribution in [0.25, 0.3) is 0 Å². The first-order chi connectivity index (χ1) is 8.69. The summed E-state index contributed by atoms with van der Waals surface area (Å²) < 4.78 is 13.0. The van der Waals surface area contributed by atoms with E-state index in [-0.39, 0.29) is 12.6 Å². The van der Waals surface area contributed by atoms with E-state index in [0.29, 0.717) is 18.6 Å². The minimum absolute atomic E-state index is 0.147. The van der Waals surface area contributed by atoms with E-state index in [1.807, 2.05) is 24.3 Å². The third-order valence-electron chi connectivity index (χ3n) is 3.31. The molecule has 0 amide bonds. The van der Waals surface area contributed by atoms with E-state index in [1.54, 1.807) is 0 Å². The summed E-state index contributed by atoms with van der Waals surface area (Å²) in [5.74, 6) is 0.446. The van der Waals surface area contributed by atoms with Crippen molar-refractivity contribution in [3.8, 4) is 0 Å². The standard InChI is InChI=1S/C14H17BrFNO/c15-13-4-2-11(3-5-13)8-14(18)12-9-17(10-12)7-1-6-16/h2-5,12H,1,6-10H2. The molecule has 2 rings (SSSR count). The number of rotatable bonds is 6. The van der Waals surface area contributed by atoms with E-state index in [1.165, 1.54) is 0 Å². The summed E-state index contributed by atoms with van der Waals surface area (Å²) in [5.41, 5.74) is 1.06. The predicted octanol–water partition coefficient (Wildman–Crippen LogP) is 2.85. The normalized spacial score (nSPS) is 16.6. The lowest BCUT2D eigenvalue weighted by Gasteiger charge is -2.38. The molecule has 0 saturated carbocycles. The molecule has 4 heteroatoms. The second-order valence-electron chi connectivity index (χ2n) is 4.77. The molecule has 0 aliphatic carbocycles. The number of halogens is 2. The highest BCUT2D eigenvalue weighted by Gasteiger charge is 2.31. The molecule has 1 aromatic rings. The SMILES string of the molecule is O=C(Cc1ccc(Br)cc1)C1CN(CCCF)C1. The number of nitrogens with zero attached hydrogens (tertiary/aromatic N) is 1. The van der Waals surface area contributed by atoms with Crippen LogP contribution in [-0.2, 0) is 11.2 Å². The molecule has 0 bridgehead atoms. The minimum atomic E-state index is -0.270. The Kier molecular flexibility index (Phi) is 4.89. The van der Waals surface area contributed by atoms with Crippen LogP contribution in [0, 0.1) is 5.92 Å². The first-order valence-electron chi connectivity index (χ1n) is 6.24. The Morgan fingerprint density at radius 1 is 1.33 bits per heavy atom. The van der Waals surface area contributed by atoms with Gasteiger partial charge in [0.05, 0.1) is 6.67 Å². The fourth-order valence-electron chi connectivity index (χ4n) is 2.19. The number of hydrogen-bond donors (Lipinski definition) is 0. The van der Waals surface area contributed by atoms with Gasteiger partial charge in [0, 0.05) is 36.4 Å². The van der Waals surface area contributed by atoms with Crippen molar-refractivity contribution in [1.82, 2.24) is 4.90 Å². The average molecular weight is 314 g/mol. The van der Waals surface area contributed by atoms with Gasteiger partial charge in [-0.1, -0.05) is 28.1 Å². The molecule has 0 aromatic heterocycles. The van der Waals surface area contributed by atoms with Gasteiger partial charge in [0.1, 0.15) is 5.78 Å². The fraction of sp³-hybridized carbons (Fsp3) is 0.500. The van der Waals surface area contributed by atoms with Crippen LogP contribution in [0.2, 0.25) is 0 Å². The van der Waals surface area contributed by atoms with Crippen molar-refractivity contribution in [2.24, 2.45) is 5.92 Å². The molecule has 1 fully saturated rings. The topological polar surface area (TPSA) is 20.3 Å². The Balaban J connectivity index is 1.75. The minimum Gasteiger partial charge on any atom is -0.302 e. The van der Waals surface area contributed by atoms with E-state index in [9.17, 15) is 9.18 Å². The first-order valence-corrected chi connectivity index (χ1v) is 7.04. The molecule has 1 saturated heterocycles. The van der Waals surface area contributed by atoms with Gasteiger partial charge >= 0.3 is 0 Å². The van der Waals surface area contributed by atoms with Crippen LogP contribution >= 0.6 is 15.9 Å². The van der Waals surface area contributed by atoms with Crippen LogP contribution in [0.15, 0.2) is 28.7 Å². The Hall–Kier alpha value is -0.740. The highest BCUT2D eigenvalue weighted by atomic mass is 79.9. The second kappa shape index (κ2) is 6.43. The Morgan fingerprint density at radius 3 is 2.61 bits per heavy atom. The van der Waals surface area contributed by atoms with Gasteiger partial charge in [-0.05, 0) is 24.1 Å². The average Bonchev–Trinajstić information content (AvgIpc) is 2.30. The van der Waals surface area contributed by atoms with Crippen LogP contribution in [-0.4, -0.2) is 37.0 Å². The lowest BCUT2D eigenvalue weighted by Crippen LogP contribution is -2.50. The maximum absolute atomic E-state index is 12.0. The van der Waals surface area contributed by atoms with Gasteiger partial charge in [-0.15, -0.1) is 0 Å². The van der Waals surface area contributed by atoms with Crippen molar-refractivity contribution in [2.45, 2.75) is 12.8 Å². The molecule has 0 radical (unpaired) electrons. The fourth-order valence-corrected chi connectivity index (χ4v) is 2.45. The Labute approximate surface area is 115 Å². The summed E-state index contributed by atoms with van der Waals surface area (Å²) in [5, 5.41) is 0. The zero-order valence-corrected chi connectivity index (χ0v) is 11.8. The van der Waals surface area contributed by atoms with Crippen molar-refractivity contribution < 1.29 is 9.18 Å². The summed E-state index contributed by atoms with van der Waals surface area (Å²) in [6.45, 7) is 2.11. The summed E-state index contributed by atoms with van der Waals surface area (Å²) in [4.78, 5) is 14.1. The van der Waals surface area contributed by atoms with Gasteiger partial charge in [-0.25, -0.2) is 0 Å². The smallest absolute Gasteiger partial charge is 0.142 e. The van der Waals surface area contributed by atoms with Crippen molar-refractivity contribution in [3.63, 3.8) is 0 Å². The second-order valence-corrected chi connectivity index (χ2v) is 5.68. The van der Waals surface area contributed by atoms with Crippen LogP contribution in [0.3, 0.4) is 0 Å². The Bertz CT molecular complexity index is 401. The Morgan fingerprint density at radius 2 is 2.00 bits per heavy atom. The maximum Gasteiger partial charge on any atom is 0.142 e. The molecular formula is C14H17BrFNO. The van der Waals surface area contributed by atoms with Gasteiger partial charge in [0.25, 0.3) is 0 Å². The quantitative estimate of drug-likeness (QED) is 0.805. The maximum atomic E-state index is 12.0. The summed E-state index contributed by atoms with van der Waals surface area (Å²) in [7, 11) is 0. The molecule has 1 aromatic carbocycles. The largest absolute Gasteiger partial charge is 0.302 e. The third-order valence-corrected chi connectivity index (χ3v) is 3.84. The van der Waals surface area contributed by atoms with E-state index in [4.69, 9.17) is 0 Å². The number of alkyl halides is 1. The lowest BCUT2D eigenvalue weighted by molar-refractivity contribution is -0.127. The summed E-state index contributed by atoms with van der Waals surface area (Å²) in [6.07, 6.45) is 1.09. The van der Waals surface area contributed by atoms with Gasteiger partial charge in [-0.2, -0.15) is 0 Å². The monoisotopic (exact) mass is 313 g/mol. The number of ketones is 1. The molecular weight excluding hydrogens is 297 g/mol. The highest BCUT2D eigenvalue weighted by molar-refractivity contribution is 9.10. The van der Waals surface area contributed by atoms with E-state index in [0.717, 1.165) is 29.7 Å². The lowest BCUT2D eigenvalue weighted by atomic mass is 9.91. The van der Waals surface area contributed by atoms with Crippen molar-refractivity contribution >= 4 is 21.7 Å². The molecule has 1 heterocycles. The zero-order chi connectivity index (χ0) is 13.0. The van der Waals surface area contributed by atoms with Gasteiger partial charge in [0.2, 0.25) is 0 Å². The number of hydrogen-bond acceptors (Lipinski definition) is 2. The molecule has 18 heavy (non-hydrogen) atoms. The number of benzene rings is 1. The number of carbonyl (C=O) groups is 1. The molecule has 98 valence electrons. The highest BCUT2D eigenvalue weighted by Crippen LogP contribution is 2.19. The molecule has 2 nitrogen and oxygen atoms in total. The van der Waals surface area contributed by atoms with Gasteiger partial charge < -0.3 is 4.90 Å². The van der Waals surface area contributed by atoms with Crippen LogP contribution in [0.5, 0.6) is 0 Å². The third kappa shape index (κ3) is 3.62. The van der Waals surface area contributed by atoms with Gasteiger partial charge in [0.15, 0.2) is 0 Å². The molecule has 0 N–H and O–H groups in total. The first kappa shape index (κ1) is 13.7. The zero-order valence-electron chi connectivity index (χ0n) is 10.2. The van der Waals surface area contributed by atoms with Crippen molar-refractivity contribution in [1.29, 1.82) is 0 Å². The van der Waals surface area contributed by atoms with E-state index >= 15 is 0 Å². The molecule has 0 spiro atoms. The van der Waals surface area contributed by atoms with Crippen LogP contribution in [0.4, 0.5) is 4.39 Å². The molecule has 1 aliphatic heterocycles. The predicted molar refractivity (Wildman–Crippen MR) is 73.4 cm³/mol. The van der Waals surface area contributed by atoms with Gasteiger partial charge in [-0.3, -0.25) is 9.18 Å². The van der Waals surface area contributed by atoms with Crippen molar-refractivity contribution in [2.75, 3.05) is 26.3 Å². The number of carbonyl (C=O) groups excluding carboxylic acids is 1.